The summed E-state index contributed by atoms with van der Waals surface area (Å²) in [5.41, 5.74) is 0.968. The number of nitrogens with zero attached hydrogens (tertiary/aromatic N) is 3. The number of aromatic nitrogens is 3. The van der Waals surface area contributed by atoms with Crippen molar-refractivity contribution >= 4 is 0 Å². The summed E-state index contributed by atoms with van der Waals surface area (Å²) in [7, 11) is 1.88. The van der Waals surface area contributed by atoms with Gasteiger partial charge in [-0.1, -0.05) is 12.1 Å². The molecule has 2 aromatic rings. The Labute approximate surface area is 105 Å². The Balaban J connectivity index is 1.89. The maximum Gasteiger partial charge on any atom is 0.264 e. The van der Waals surface area contributed by atoms with Crippen LogP contribution < -0.4 is 10.1 Å². The Hall–Kier alpha value is -1.95. The van der Waals surface area contributed by atoms with Crippen LogP contribution >= 0.6 is 0 Å². The highest BCUT2D eigenvalue weighted by atomic mass is 16.5. The molecule has 0 radical (unpaired) electrons. The standard InChI is InChI=1S/C12H16N4O2/c1-3-11-15-12(18-16-11)8-17-10-5-4-9(6-13-2)14-7-10/h4-5,7,13H,3,6,8H2,1-2H3. The third-order valence-corrected chi connectivity index (χ3v) is 2.34. The van der Waals surface area contributed by atoms with Crippen LogP contribution in [0.5, 0.6) is 5.75 Å². The summed E-state index contributed by atoms with van der Waals surface area (Å²) < 4.78 is 10.5. The van der Waals surface area contributed by atoms with Crippen molar-refractivity contribution in [2.75, 3.05) is 7.05 Å². The molecule has 18 heavy (non-hydrogen) atoms. The van der Waals surface area contributed by atoms with Gasteiger partial charge in [0.25, 0.3) is 5.89 Å². The third-order valence-electron chi connectivity index (χ3n) is 2.34. The Morgan fingerprint density at radius 3 is 2.89 bits per heavy atom. The van der Waals surface area contributed by atoms with Crippen LogP contribution in [0.25, 0.3) is 0 Å². The maximum absolute atomic E-state index is 5.50. The fraction of sp³-hybridized carbons (Fsp3) is 0.417. The molecule has 2 heterocycles. The zero-order valence-corrected chi connectivity index (χ0v) is 10.5. The van der Waals surface area contributed by atoms with Crippen molar-refractivity contribution in [3.05, 3.63) is 35.7 Å². The van der Waals surface area contributed by atoms with Gasteiger partial charge >= 0.3 is 0 Å². The van der Waals surface area contributed by atoms with Crippen molar-refractivity contribution in [3.63, 3.8) is 0 Å². The second kappa shape index (κ2) is 6.11. The van der Waals surface area contributed by atoms with Gasteiger partial charge in [0, 0.05) is 13.0 Å². The average Bonchev–Trinajstić information content (AvgIpc) is 2.86. The predicted octanol–water partition coefficient (Wildman–Crippen LogP) is 1.33. The summed E-state index contributed by atoms with van der Waals surface area (Å²) >= 11 is 0. The lowest BCUT2D eigenvalue weighted by Gasteiger charge is -2.03. The van der Waals surface area contributed by atoms with Crippen molar-refractivity contribution < 1.29 is 9.26 Å². The van der Waals surface area contributed by atoms with E-state index in [1.807, 2.05) is 26.1 Å². The minimum absolute atomic E-state index is 0.264. The number of hydrogen-bond donors (Lipinski definition) is 1. The van der Waals surface area contributed by atoms with E-state index in [0.29, 0.717) is 17.5 Å². The largest absolute Gasteiger partial charge is 0.482 e. The topological polar surface area (TPSA) is 73.1 Å². The van der Waals surface area contributed by atoms with Crippen molar-refractivity contribution in [2.24, 2.45) is 0 Å². The highest BCUT2D eigenvalue weighted by Gasteiger charge is 2.05. The van der Waals surface area contributed by atoms with Crippen molar-refractivity contribution in [1.82, 2.24) is 20.4 Å². The molecule has 0 aliphatic heterocycles. The number of aryl methyl sites for hydroxylation is 1. The first-order chi connectivity index (χ1) is 8.81. The predicted molar refractivity (Wildman–Crippen MR) is 65.0 cm³/mol. The van der Waals surface area contributed by atoms with E-state index in [4.69, 9.17) is 9.26 Å². The SMILES string of the molecule is CCc1noc(COc2ccc(CNC)nc2)n1. The van der Waals surface area contributed by atoms with Crippen LogP contribution in [-0.2, 0) is 19.6 Å². The normalized spacial score (nSPS) is 10.6. The second-order valence-corrected chi connectivity index (χ2v) is 3.76. The highest BCUT2D eigenvalue weighted by Crippen LogP contribution is 2.11. The van der Waals surface area contributed by atoms with Gasteiger partial charge in [-0.3, -0.25) is 4.98 Å². The van der Waals surface area contributed by atoms with Gasteiger partial charge in [-0.05, 0) is 19.2 Å². The summed E-state index contributed by atoms with van der Waals surface area (Å²) in [6.07, 6.45) is 2.44. The summed E-state index contributed by atoms with van der Waals surface area (Å²) in [5, 5.41) is 6.83. The third kappa shape index (κ3) is 3.27. The summed E-state index contributed by atoms with van der Waals surface area (Å²) in [5.74, 6) is 1.85. The minimum atomic E-state index is 0.264. The van der Waals surface area contributed by atoms with Gasteiger partial charge in [-0.15, -0.1) is 0 Å². The molecule has 1 N–H and O–H groups in total. The van der Waals surface area contributed by atoms with Gasteiger partial charge in [0.15, 0.2) is 12.4 Å². The molecule has 0 saturated carbocycles. The first-order valence-electron chi connectivity index (χ1n) is 5.85. The van der Waals surface area contributed by atoms with E-state index < -0.39 is 0 Å². The highest BCUT2D eigenvalue weighted by molar-refractivity contribution is 5.19. The Bertz CT molecular complexity index is 481. The number of nitrogens with one attached hydrogen (secondary N) is 1. The van der Waals surface area contributed by atoms with Crippen LogP contribution in [0.2, 0.25) is 0 Å². The first kappa shape index (κ1) is 12.5. The maximum atomic E-state index is 5.50. The van der Waals surface area contributed by atoms with E-state index in [0.717, 1.165) is 18.7 Å². The average molecular weight is 248 g/mol. The molecule has 0 aliphatic carbocycles. The van der Waals surface area contributed by atoms with Crippen LogP contribution in [0.4, 0.5) is 0 Å². The molecule has 6 nitrogen and oxygen atoms in total. The van der Waals surface area contributed by atoms with Gasteiger partial charge < -0.3 is 14.6 Å². The molecule has 0 aliphatic rings. The van der Waals surface area contributed by atoms with Crippen LogP contribution in [-0.4, -0.2) is 22.2 Å². The first-order valence-corrected chi connectivity index (χ1v) is 5.85. The van der Waals surface area contributed by atoms with E-state index in [9.17, 15) is 0 Å². The number of ether oxygens (including phenoxy) is 1. The lowest BCUT2D eigenvalue weighted by Crippen LogP contribution is -2.06. The van der Waals surface area contributed by atoms with Crippen molar-refractivity contribution in [3.8, 4) is 5.75 Å². The Morgan fingerprint density at radius 1 is 1.39 bits per heavy atom. The quantitative estimate of drug-likeness (QED) is 0.831. The van der Waals surface area contributed by atoms with E-state index >= 15 is 0 Å². The Kier molecular flexibility index (Phi) is 4.25. The van der Waals surface area contributed by atoms with Gasteiger partial charge in [0.05, 0.1) is 11.9 Å². The molecule has 0 aromatic carbocycles. The molecular weight excluding hydrogens is 232 g/mol. The van der Waals surface area contributed by atoms with Crippen molar-refractivity contribution in [2.45, 2.75) is 26.5 Å². The van der Waals surface area contributed by atoms with E-state index in [2.05, 4.69) is 20.4 Å². The van der Waals surface area contributed by atoms with Gasteiger partial charge in [-0.2, -0.15) is 4.98 Å². The zero-order chi connectivity index (χ0) is 12.8. The number of rotatable bonds is 6. The van der Waals surface area contributed by atoms with Gasteiger partial charge in [0.1, 0.15) is 5.75 Å². The fourth-order valence-electron chi connectivity index (χ4n) is 1.42. The molecule has 0 bridgehead atoms. The second-order valence-electron chi connectivity index (χ2n) is 3.76. The molecule has 0 unspecified atom stereocenters. The summed E-state index contributed by atoms with van der Waals surface area (Å²) in [4.78, 5) is 8.41. The molecule has 2 rings (SSSR count). The molecule has 2 aromatic heterocycles. The summed E-state index contributed by atoms with van der Waals surface area (Å²) in [6.45, 7) is 2.98. The number of pyridine rings is 1. The molecular formula is C12H16N4O2. The van der Waals surface area contributed by atoms with Gasteiger partial charge in [0.2, 0.25) is 0 Å². The van der Waals surface area contributed by atoms with E-state index in [-0.39, 0.29) is 6.61 Å². The van der Waals surface area contributed by atoms with Crippen LogP contribution in [0.3, 0.4) is 0 Å². The fourth-order valence-corrected chi connectivity index (χ4v) is 1.42. The molecule has 0 atom stereocenters. The van der Waals surface area contributed by atoms with Crippen LogP contribution in [0, 0.1) is 0 Å². The number of hydrogen-bond acceptors (Lipinski definition) is 6. The molecule has 0 spiro atoms. The molecule has 0 fully saturated rings. The minimum Gasteiger partial charge on any atom is -0.482 e. The lowest BCUT2D eigenvalue weighted by molar-refractivity contribution is 0.241. The smallest absolute Gasteiger partial charge is 0.264 e. The van der Waals surface area contributed by atoms with E-state index in [1.165, 1.54) is 0 Å². The molecule has 96 valence electrons. The molecule has 0 amide bonds. The zero-order valence-electron chi connectivity index (χ0n) is 10.5. The molecule has 6 heteroatoms. The van der Waals surface area contributed by atoms with Crippen molar-refractivity contribution in [1.29, 1.82) is 0 Å². The monoisotopic (exact) mass is 248 g/mol. The van der Waals surface area contributed by atoms with Gasteiger partial charge in [-0.25, -0.2) is 0 Å². The van der Waals surface area contributed by atoms with Crippen LogP contribution in [0.1, 0.15) is 24.3 Å². The summed E-state index contributed by atoms with van der Waals surface area (Å²) in [6, 6.07) is 3.79. The Morgan fingerprint density at radius 2 is 2.28 bits per heavy atom. The molecule has 0 saturated heterocycles. The lowest BCUT2D eigenvalue weighted by atomic mass is 10.3. The van der Waals surface area contributed by atoms with Crippen LogP contribution in [0.15, 0.2) is 22.9 Å². The van der Waals surface area contributed by atoms with E-state index in [1.54, 1.807) is 6.20 Å².